The maximum absolute atomic E-state index is 13.3. The SMILES string of the molecule is C[C@@H](c1ccc(F)c(F)c1)N(C)C(=O)N[C@@H]1CCS(=O)(=O)C1. The van der Waals surface area contributed by atoms with Crippen LogP contribution in [0.3, 0.4) is 0 Å². The van der Waals surface area contributed by atoms with E-state index in [1.54, 1.807) is 6.92 Å². The van der Waals surface area contributed by atoms with Crippen molar-refractivity contribution in [3.8, 4) is 0 Å². The minimum absolute atomic E-state index is 0.0634. The van der Waals surface area contributed by atoms with Crippen LogP contribution in [0, 0.1) is 11.6 Å². The predicted molar refractivity (Wildman–Crippen MR) is 78.1 cm³/mol. The summed E-state index contributed by atoms with van der Waals surface area (Å²) >= 11 is 0. The number of amides is 2. The van der Waals surface area contributed by atoms with Gasteiger partial charge in [-0.25, -0.2) is 22.0 Å². The molecule has 0 bridgehead atoms. The van der Waals surface area contributed by atoms with Crippen LogP contribution < -0.4 is 5.32 Å². The Kier molecular flexibility index (Phi) is 4.69. The lowest BCUT2D eigenvalue weighted by atomic mass is 10.1. The van der Waals surface area contributed by atoms with Gasteiger partial charge in [-0.3, -0.25) is 0 Å². The van der Waals surface area contributed by atoms with Gasteiger partial charge in [-0.05, 0) is 31.0 Å². The van der Waals surface area contributed by atoms with Crippen LogP contribution in [-0.2, 0) is 9.84 Å². The molecule has 1 aliphatic heterocycles. The minimum atomic E-state index is -3.07. The molecule has 1 aromatic rings. The Hall–Kier alpha value is -1.70. The Morgan fingerprint density at radius 2 is 2.05 bits per heavy atom. The molecule has 1 aromatic carbocycles. The molecule has 0 radical (unpaired) electrons. The number of carbonyl (C=O) groups excluding carboxylic acids is 1. The molecule has 2 rings (SSSR count). The Labute approximate surface area is 128 Å². The number of hydrogen-bond acceptors (Lipinski definition) is 3. The molecule has 22 heavy (non-hydrogen) atoms. The Balaban J connectivity index is 2.02. The van der Waals surface area contributed by atoms with E-state index in [9.17, 15) is 22.0 Å². The van der Waals surface area contributed by atoms with Gasteiger partial charge in [0, 0.05) is 13.1 Å². The zero-order valence-corrected chi connectivity index (χ0v) is 13.2. The lowest BCUT2D eigenvalue weighted by Gasteiger charge is -2.27. The van der Waals surface area contributed by atoms with Crippen LogP contribution in [0.25, 0.3) is 0 Å². The van der Waals surface area contributed by atoms with Crippen molar-refractivity contribution in [2.45, 2.75) is 25.4 Å². The summed E-state index contributed by atoms with van der Waals surface area (Å²) in [5.41, 5.74) is 0.454. The number of rotatable bonds is 3. The molecule has 122 valence electrons. The molecule has 8 heteroatoms. The third-order valence-corrected chi connectivity index (χ3v) is 5.66. The molecular formula is C14H18F2N2O3S. The highest BCUT2D eigenvalue weighted by atomic mass is 32.2. The van der Waals surface area contributed by atoms with Gasteiger partial charge >= 0.3 is 6.03 Å². The number of sulfone groups is 1. The van der Waals surface area contributed by atoms with E-state index in [2.05, 4.69) is 5.32 Å². The molecule has 1 N–H and O–H groups in total. The third kappa shape index (κ3) is 3.73. The quantitative estimate of drug-likeness (QED) is 0.919. The molecule has 2 amide bonds. The molecule has 1 aliphatic rings. The first kappa shape index (κ1) is 16.7. The van der Waals surface area contributed by atoms with Crippen LogP contribution in [0.1, 0.15) is 24.9 Å². The molecule has 0 spiro atoms. The summed E-state index contributed by atoms with van der Waals surface area (Å²) < 4.78 is 48.9. The molecule has 0 saturated carbocycles. The van der Waals surface area contributed by atoms with E-state index in [1.807, 2.05) is 0 Å². The van der Waals surface area contributed by atoms with Crippen LogP contribution in [0.5, 0.6) is 0 Å². The van der Waals surface area contributed by atoms with Gasteiger partial charge in [0.15, 0.2) is 21.5 Å². The summed E-state index contributed by atoms with van der Waals surface area (Å²) in [6.07, 6.45) is 0.390. The third-order valence-electron chi connectivity index (χ3n) is 3.89. The number of benzene rings is 1. The van der Waals surface area contributed by atoms with Crippen LogP contribution in [0.2, 0.25) is 0 Å². The minimum Gasteiger partial charge on any atom is -0.334 e. The summed E-state index contributed by atoms with van der Waals surface area (Å²) in [6.45, 7) is 1.68. The maximum atomic E-state index is 13.3. The second kappa shape index (κ2) is 6.20. The topological polar surface area (TPSA) is 66.5 Å². The second-order valence-electron chi connectivity index (χ2n) is 5.51. The van der Waals surface area contributed by atoms with Crippen LogP contribution >= 0.6 is 0 Å². The standard InChI is InChI=1S/C14H18F2N2O3S/c1-9(10-3-4-12(15)13(16)7-10)18(2)14(19)17-11-5-6-22(20,21)8-11/h3-4,7,9,11H,5-6,8H2,1-2H3,(H,17,19)/t9-,11+/m0/s1. The van der Waals surface area contributed by atoms with E-state index in [-0.39, 0.29) is 11.5 Å². The van der Waals surface area contributed by atoms with Crippen molar-refractivity contribution < 1.29 is 22.0 Å². The largest absolute Gasteiger partial charge is 0.334 e. The van der Waals surface area contributed by atoms with E-state index in [0.29, 0.717) is 12.0 Å². The van der Waals surface area contributed by atoms with Crippen molar-refractivity contribution in [1.29, 1.82) is 0 Å². The maximum Gasteiger partial charge on any atom is 0.317 e. The molecule has 0 aromatic heterocycles. The lowest BCUT2D eigenvalue weighted by Crippen LogP contribution is -2.44. The fraction of sp³-hybridized carbons (Fsp3) is 0.500. The van der Waals surface area contributed by atoms with Crippen molar-refractivity contribution in [2.75, 3.05) is 18.6 Å². The first-order chi connectivity index (χ1) is 10.2. The molecule has 0 unspecified atom stereocenters. The fourth-order valence-corrected chi connectivity index (χ4v) is 4.03. The fourth-order valence-electron chi connectivity index (χ4n) is 2.36. The van der Waals surface area contributed by atoms with Gasteiger partial charge in [-0.1, -0.05) is 6.07 Å². The van der Waals surface area contributed by atoms with Gasteiger partial charge in [0.05, 0.1) is 17.5 Å². The van der Waals surface area contributed by atoms with Gasteiger partial charge in [-0.15, -0.1) is 0 Å². The number of nitrogens with one attached hydrogen (secondary N) is 1. The van der Waals surface area contributed by atoms with Crippen molar-refractivity contribution in [1.82, 2.24) is 10.2 Å². The molecule has 1 fully saturated rings. The van der Waals surface area contributed by atoms with Gasteiger partial charge in [0.25, 0.3) is 0 Å². The summed E-state index contributed by atoms with van der Waals surface area (Å²) in [7, 11) is -1.56. The number of nitrogens with zero attached hydrogens (tertiary/aromatic N) is 1. The monoisotopic (exact) mass is 332 g/mol. The Bertz CT molecular complexity index is 679. The smallest absolute Gasteiger partial charge is 0.317 e. The lowest BCUT2D eigenvalue weighted by molar-refractivity contribution is 0.191. The summed E-state index contributed by atoms with van der Waals surface area (Å²) in [5, 5.41) is 2.65. The number of carbonyl (C=O) groups is 1. The predicted octanol–water partition coefficient (Wildman–Crippen LogP) is 1.85. The van der Waals surface area contributed by atoms with Gasteiger partial charge < -0.3 is 10.2 Å². The molecule has 1 heterocycles. The normalized spacial score (nSPS) is 21.4. The van der Waals surface area contributed by atoms with Crippen molar-refractivity contribution in [2.24, 2.45) is 0 Å². The van der Waals surface area contributed by atoms with Crippen molar-refractivity contribution in [3.05, 3.63) is 35.4 Å². The zero-order valence-electron chi connectivity index (χ0n) is 12.3. The van der Waals surface area contributed by atoms with E-state index >= 15 is 0 Å². The Morgan fingerprint density at radius 3 is 2.59 bits per heavy atom. The van der Waals surface area contributed by atoms with Gasteiger partial charge in [-0.2, -0.15) is 0 Å². The Morgan fingerprint density at radius 1 is 1.36 bits per heavy atom. The van der Waals surface area contributed by atoms with E-state index in [4.69, 9.17) is 0 Å². The molecular weight excluding hydrogens is 314 g/mol. The van der Waals surface area contributed by atoms with Crippen LogP contribution in [0.15, 0.2) is 18.2 Å². The van der Waals surface area contributed by atoms with E-state index in [1.165, 1.54) is 18.0 Å². The van der Waals surface area contributed by atoms with E-state index in [0.717, 1.165) is 12.1 Å². The zero-order chi connectivity index (χ0) is 16.5. The van der Waals surface area contributed by atoms with Crippen molar-refractivity contribution >= 4 is 15.9 Å². The summed E-state index contributed by atoms with van der Waals surface area (Å²) in [4.78, 5) is 13.5. The average molecular weight is 332 g/mol. The first-order valence-electron chi connectivity index (χ1n) is 6.88. The average Bonchev–Trinajstić information content (AvgIpc) is 2.79. The highest BCUT2D eigenvalue weighted by Gasteiger charge is 2.30. The first-order valence-corrected chi connectivity index (χ1v) is 8.70. The van der Waals surface area contributed by atoms with Crippen molar-refractivity contribution in [3.63, 3.8) is 0 Å². The molecule has 0 aliphatic carbocycles. The summed E-state index contributed by atoms with van der Waals surface area (Å²) in [6, 6.07) is 2.14. The molecule has 5 nitrogen and oxygen atoms in total. The van der Waals surface area contributed by atoms with Gasteiger partial charge in [0.1, 0.15) is 0 Å². The molecule has 2 atom stereocenters. The van der Waals surface area contributed by atoms with Crippen LogP contribution in [0.4, 0.5) is 13.6 Å². The highest BCUT2D eigenvalue weighted by molar-refractivity contribution is 7.91. The highest BCUT2D eigenvalue weighted by Crippen LogP contribution is 2.21. The number of halogens is 2. The second-order valence-corrected chi connectivity index (χ2v) is 7.74. The van der Waals surface area contributed by atoms with Gasteiger partial charge in [0.2, 0.25) is 0 Å². The number of hydrogen-bond donors (Lipinski definition) is 1. The van der Waals surface area contributed by atoms with E-state index < -0.39 is 39.6 Å². The van der Waals surface area contributed by atoms with Crippen LogP contribution in [-0.4, -0.2) is 43.9 Å². The molecule has 1 saturated heterocycles. The summed E-state index contributed by atoms with van der Waals surface area (Å²) in [5.74, 6) is -1.91. The number of urea groups is 1.